The molecule has 1 aromatic heterocycles. The van der Waals surface area contributed by atoms with E-state index >= 15 is 0 Å². The van der Waals surface area contributed by atoms with Crippen molar-refractivity contribution >= 4 is 10.9 Å². The fraction of sp³-hybridized carbons (Fsp3) is 0.125. The number of benzene rings is 2. The molecule has 0 aliphatic rings. The van der Waals surface area contributed by atoms with E-state index in [0.717, 1.165) is 22.0 Å². The fourth-order valence-electron chi connectivity index (χ4n) is 2.47. The van der Waals surface area contributed by atoms with Gasteiger partial charge in [-0.1, -0.05) is 30.3 Å². The second-order valence-corrected chi connectivity index (χ2v) is 4.74. The Morgan fingerprint density at radius 1 is 1.05 bits per heavy atom. The van der Waals surface area contributed by atoms with Crippen molar-refractivity contribution in [1.82, 2.24) is 4.57 Å². The number of hydrogen-bond acceptors (Lipinski definition) is 1. The van der Waals surface area contributed by atoms with E-state index in [2.05, 4.69) is 16.7 Å². The first kappa shape index (κ1) is 11.9. The smallest absolute Gasteiger partial charge is 0.123 e. The standard InChI is InChI=1S/C16H15FN2/c1-19-10-14(13-4-2-3-5-15(13)19)16(18)11-6-8-12(17)9-7-11/h2-10,16H,18H2,1H3. The van der Waals surface area contributed by atoms with E-state index in [-0.39, 0.29) is 11.9 Å². The van der Waals surface area contributed by atoms with Crippen molar-refractivity contribution in [2.24, 2.45) is 12.8 Å². The molecule has 3 heteroatoms. The van der Waals surface area contributed by atoms with Gasteiger partial charge in [0.05, 0.1) is 6.04 Å². The van der Waals surface area contributed by atoms with Gasteiger partial charge < -0.3 is 10.3 Å². The zero-order valence-electron chi connectivity index (χ0n) is 10.7. The molecule has 0 spiro atoms. The lowest BCUT2D eigenvalue weighted by Crippen LogP contribution is -2.11. The highest BCUT2D eigenvalue weighted by Gasteiger charge is 2.14. The van der Waals surface area contributed by atoms with E-state index in [9.17, 15) is 4.39 Å². The number of nitrogens with two attached hydrogens (primary N) is 1. The zero-order chi connectivity index (χ0) is 13.4. The molecule has 1 unspecified atom stereocenters. The number of hydrogen-bond donors (Lipinski definition) is 1. The third-order valence-electron chi connectivity index (χ3n) is 3.49. The Kier molecular flexibility index (Phi) is 2.84. The summed E-state index contributed by atoms with van der Waals surface area (Å²) >= 11 is 0. The van der Waals surface area contributed by atoms with Crippen LogP contribution in [0.5, 0.6) is 0 Å². The third-order valence-corrected chi connectivity index (χ3v) is 3.49. The molecule has 1 atom stereocenters. The lowest BCUT2D eigenvalue weighted by Gasteiger charge is -2.11. The van der Waals surface area contributed by atoms with Crippen LogP contribution in [0.3, 0.4) is 0 Å². The number of halogens is 1. The maximum atomic E-state index is 13.0. The third kappa shape index (κ3) is 2.02. The van der Waals surface area contributed by atoms with Crippen LogP contribution < -0.4 is 5.73 Å². The normalized spacial score (nSPS) is 12.8. The number of fused-ring (bicyclic) bond motifs is 1. The van der Waals surface area contributed by atoms with Crippen LogP contribution >= 0.6 is 0 Å². The highest BCUT2D eigenvalue weighted by Crippen LogP contribution is 2.28. The molecule has 0 saturated heterocycles. The van der Waals surface area contributed by atoms with Gasteiger partial charge >= 0.3 is 0 Å². The molecule has 0 saturated carbocycles. The molecule has 0 bridgehead atoms. The Balaban J connectivity index is 2.11. The lowest BCUT2D eigenvalue weighted by atomic mass is 9.99. The van der Waals surface area contributed by atoms with Crippen LogP contribution in [0, 0.1) is 5.82 Å². The van der Waals surface area contributed by atoms with Crippen LogP contribution in [0.1, 0.15) is 17.2 Å². The van der Waals surface area contributed by atoms with Crippen molar-refractivity contribution in [1.29, 1.82) is 0 Å². The largest absolute Gasteiger partial charge is 0.350 e. The van der Waals surface area contributed by atoms with Gasteiger partial charge in [-0.3, -0.25) is 0 Å². The quantitative estimate of drug-likeness (QED) is 0.747. The highest BCUT2D eigenvalue weighted by molar-refractivity contribution is 5.84. The second-order valence-electron chi connectivity index (χ2n) is 4.74. The topological polar surface area (TPSA) is 30.9 Å². The van der Waals surface area contributed by atoms with Gasteiger partial charge in [-0.05, 0) is 29.3 Å². The van der Waals surface area contributed by atoms with Crippen molar-refractivity contribution in [3.8, 4) is 0 Å². The van der Waals surface area contributed by atoms with Gasteiger partial charge in [0, 0.05) is 24.1 Å². The van der Waals surface area contributed by atoms with Crippen LogP contribution in [0.4, 0.5) is 4.39 Å². The molecule has 3 aromatic rings. The summed E-state index contributed by atoms with van der Waals surface area (Å²) in [6.45, 7) is 0. The molecule has 0 fully saturated rings. The summed E-state index contributed by atoms with van der Waals surface area (Å²) in [5.41, 5.74) is 9.43. The van der Waals surface area contributed by atoms with Crippen LogP contribution in [0.15, 0.2) is 54.7 Å². The first-order chi connectivity index (χ1) is 9.16. The van der Waals surface area contributed by atoms with Crippen molar-refractivity contribution in [2.75, 3.05) is 0 Å². The van der Waals surface area contributed by atoms with Gasteiger partial charge in [0.2, 0.25) is 0 Å². The minimum absolute atomic E-state index is 0.242. The predicted molar refractivity (Wildman–Crippen MR) is 75.3 cm³/mol. The first-order valence-corrected chi connectivity index (χ1v) is 6.22. The number of rotatable bonds is 2. The van der Waals surface area contributed by atoms with Crippen LogP contribution in [0.2, 0.25) is 0 Å². The van der Waals surface area contributed by atoms with Crippen molar-refractivity contribution in [3.05, 3.63) is 71.7 Å². The average Bonchev–Trinajstić information content (AvgIpc) is 2.77. The van der Waals surface area contributed by atoms with E-state index in [1.54, 1.807) is 12.1 Å². The minimum atomic E-state index is -0.244. The molecular weight excluding hydrogens is 239 g/mol. The molecule has 0 aliphatic carbocycles. The van der Waals surface area contributed by atoms with E-state index in [4.69, 9.17) is 5.73 Å². The Morgan fingerprint density at radius 2 is 1.74 bits per heavy atom. The molecule has 2 N–H and O–H groups in total. The van der Waals surface area contributed by atoms with Gasteiger partial charge in [0.1, 0.15) is 5.82 Å². The van der Waals surface area contributed by atoms with E-state index < -0.39 is 0 Å². The van der Waals surface area contributed by atoms with Crippen molar-refractivity contribution < 1.29 is 4.39 Å². The summed E-state index contributed by atoms with van der Waals surface area (Å²) < 4.78 is 15.0. The zero-order valence-corrected chi connectivity index (χ0v) is 10.7. The summed E-state index contributed by atoms with van der Waals surface area (Å²) in [7, 11) is 2.00. The minimum Gasteiger partial charge on any atom is -0.350 e. The van der Waals surface area contributed by atoms with Gasteiger partial charge in [-0.25, -0.2) is 4.39 Å². The summed E-state index contributed by atoms with van der Waals surface area (Å²) in [5.74, 6) is -0.242. The molecule has 2 aromatic carbocycles. The van der Waals surface area contributed by atoms with Crippen LogP contribution in [0.25, 0.3) is 10.9 Å². The maximum absolute atomic E-state index is 13.0. The number of aromatic nitrogens is 1. The van der Waals surface area contributed by atoms with Crippen LogP contribution in [-0.4, -0.2) is 4.57 Å². The highest BCUT2D eigenvalue weighted by atomic mass is 19.1. The monoisotopic (exact) mass is 254 g/mol. The predicted octanol–water partition coefficient (Wildman–Crippen LogP) is 3.37. The fourth-order valence-corrected chi connectivity index (χ4v) is 2.47. The molecule has 2 nitrogen and oxygen atoms in total. The van der Waals surface area contributed by atoms with Gasteiger partial charge in [-0.15, -0.1) is 0 Å². The summed E-state index contributed by atoms with van der Waals surface area (Å²) in [5, 5.41) is 1.14. The Labute approximate surface area is 111 Å². The first-order valence-electron chi connectivity index (χ1n) is 6.22. The van der Waals surface area contributed by atoms with E-state index in [0.29, 0.717) is 0 Å². The second kappa shape index (κ2) is 4.52. The van der Waals surface area contributed by atoms with E-state index in [1.165, 1.54) is 12.1 Å². The maximum Gasteiger partial charge on any atom is 0.123 e. The molecule has 0 amide bonds. The molecular formula is C16H15FN2. The number of nitrogens with zero attached hydrogens (tertiary/aromatic N) is 1. The molecule has 3 rings (SSSR count). The lowest BCUT2D eigenvalue weighted by molar-refractivity contribution is 0.626. The van der Waals surface area contributed by atoms with Gasteiger partial charge in [-0.2, -0.15) is 0 Å². The number of aryl methyl sites for hydroxylation is 1. The van der Waals surface area contributed by atoms with Gasteiger partial charge in [0.25, 0.3) is 0 Å². The Hall–Kier alpha value is -2.13. The Morgan fingerprint density at radius 3 is 2.47 bits per heavy atom. The SMILES string of the molecule is Cn1cc(C(N)c2ccc(F)cc2)c2ccccc21. The summed E-state index contributed by atoms with van der Waals surface area (Å²) in [6, 6.07) is 14.3. The summed E-state index contributed by atoms with van der Waals surface area (Å²) in [4.78, 5) is 0. The molecule has 0 aliphatic heterocycles. The summed E-state index contributed by atoms with van der Waals surface area (Å²) in [6.07, 6.45) is 2.04. The molecule has 1 heterocycles. The Bertz CT molecular complexity index is 713. The van der Waals surface area contributed by atoms with E-state index in [1.807, 2.05) is 25.4 Å². The molecule has 19 heavy (non-hydrogen) atoms. The van der Waals surface area contributed by atoms with Crippen molar-refractivity contribution in [2.45, 2.75) is 6.04 Å². The van der Waals surface area contributed by atoms with Gasteiger partial charge in [0.15, 0.2) is 0 Å². The number of para-hydroxylation sites is 1. The van der Waals surface area contributed by atoms with Crippen LogP contribution in [-0.2, 0) is 7.05 Å². The van der Waals surface area contributed by atoms with Crippen molar-refractivity contribution in [3.63, 3.8) is 0 Å². The molecule has 96 valence electrons. The molecule has 0 radical (unpaired) electrons. The average molecular weight is 254 g/mol.